The molecule has 0 aliphatic heterocycles. The van der Waals surface area contributed by atoms with E-state index >= 15 is 0 Å². The number of aliphatic hydroxyl groups is 1. The van der Waals surface area contributed by atoms with Crippen LogP contribution in [0.5, 0.6) is 0 Å². The van der Waals surface area contributed by atoms with Crippen molar-refractivity contribution in [3.05, 3.63) is 32.7 Å². The average molecular weight is 336 g/mol. The molecule has 0 spiro atoms. The minimum atomic E-state index is 0.204. The molecule has 0 amide bonds. The van der Waals surface area contributed by atoms with Gasteiger partial charge in [0.1, 0.15) is 0 Å². The Morgan fingerprint density at radius 2 is 2.00 bits per heavy atom. The van der Waals surface area contributed by atoms with E-state index in [1.807, 2.05) is 12.1 Å². The van der Waals surface area contributed by atoms with E-state index in [1.165, 1.54) is 5.56 Å². The van der Waals surface area contributed by atoms with Crippen LogP contribution in [0.1, 0.15) is 31.7 Å². The lowest BCUT2D eigenvalue weighted by molar-refractivity contribution is 0.228. The Bertz CT molecular complexity index is 325. The van der Waals surface area contributed by atoms with Crippen LogP contribution in [0.4, 0.5) is 0 Å². The molecule has 1 aromatic rings. The molecule has 0 radical (unpaired) electrons. The van der Waals surface area contributed by atoms with Gasteiger partial charge in [-0.05, 0) is 23.6 Å². The molecule has 0 aromatic heterocycles. The molecule has 15 heavy (non-hydrogen) atoms. The van der Waals surface area contributed by atoms with Crippen molar-refractivity contribution in [2.75, 3.05) is 6.61 Å². The molecule has 3 heteroatoms. The van der Waals surface area contributed by atoms with Crippen LogP contribution in [0.2, 0.25) is 0 Å². The number of rotatable bonds is 4. The van der Waals surface area contributed by atoms with Gasteiger partial charge >= 0.3 is 0 Å². The third-order valence-electron chi connectivity index (χ3n) is 2.89. The molecule has 0 aliphatic carbocycles. The van der Waals surface area contributed by atoms with Crippen LogP contribution in [-0.4, -0.2) is 11.7 Å². The van der Waals surface area contributed by atoms with Gasteiger partial charge in [0.25, 0.3) is 0 Å². The van der Waals surface area contributed by atoms with Gasteiger partial charge in [-0.2, -0.15) is 0 Å². The molecule has 0 aliphatic rings. The van der Waals surface area contributed by atoms with E-state index in [4.69, 9.17) is 0 Å². The monoisotopic (exact) mass is 334 g/mol. The Morgan fingerprint density at radius 1 is 1.33 bits per heavy atom. The predicted octanol–water partition coefficient (Wildman–Crippen LogP) is 4.33. The smallest absolute Gasteiger partial charge is 0.0502 e. The topological polar surface area (TPSA) is 20.2 Å². The quantitative estimate of drug-likeness (QED) is 0.868. The van der Waals surface area contributed by atoms with Crippen molar-refractivity contribution in [3.8, 4) is 0 Å². The summed E-state index contributed by atoms with van der Waals surface area (Å²) >= 11 is 6.97. The van der Waals surface area contributed by atoms with E-state index in [1.54, 1.807) is 0 Å². The summed E-state index contributed by atoms with van der Waals surface area (Å²) in [4.78, 5) is 0. The average Bonchev–Trinajstić information content (AvgIpc) is 2.21. The first kappa shape index (κ1) is 13.2. The number of halogens is 2. The van der Waals surface area contributed by atoms with Gasteiger partial charge in [-0.1, -0.05) is 58.2 Å². The van der Waals surface area contributed by atoms with Gasteiger partial charge in [-0.3, -0.25) is 0 Å². The van der Waals surface area contributed by atoms with Crippen LogP contribution < -0.4 is 0 Å². The van der Waals surface area contributed by atoms with E-state index in [0.717, 1.165) is 15.4 Å². The van der Waals surface area contributed by atoms with E-state index in [-0.39, 0.29) is 12.5 Å². The van der Waals surface area contributed by atoms with E-state index < -0.39 is 0 Å². The molecule has 2 unspecified atom stereocenters. The zero-order valence-corrected chi connectivity index (χ0v) is 12.2. The first-order chi connectivity index (χ1) is 7.10. The van der Waals surface area contributed by atoms with E-state index in [0.29, 0.717) is 5.92 Å². The summed E-state index contributed by atoms with van der Waals surface area (Å²) in [7, 11) is 0. The summed E-state index contributed by atoms with van der Waals surface area (Å²) in [6.07, 6.45) is 1.08. The molecule has 0 fully saturated rings. The summed E-state index contributed by atoms with van der Waals surface area (Å²) in [5, 5.41) is 9.44. The summed E-state index contributed by atoms with van der Waals surface area (Å²) in [6, 6.07) is 6.12. The highest BCUT2D eigenvalue weighted by Gasteiger charge is 2.19. The van der Waals surface area contributed by atoms with Gasteiger partial charge in [0.05, 0.1) is 6.61 Å². The first-order valence-electron chi connectivity index (χ1n) is 5.16. The standard InChI is InChI=1S/C12H16Br2O/c1-3-8(2)11(7-15)10-5-4-9(13)6-12(10)14/h4-6,8,11,15H,3,7H2,1-2H3. The fourth-order valence-corrected chi connectivity index (χ4v) is 3.01. The molecule has 1 aromatic carbocycles. The second-order valence-corrected chi connectivity index (χ2v) is 5.61. The minimum Gasteiger partial charge on any atom is -0.396 e. The summed E-state index contributed by atoms with van der Waals surface area (Å²) in [6.45, 7) is 4.53. The minimum absolute atomic E-state index is 0.204. The van der Waals surface area contributed by atoms with Crippen molar-refractivity contribution in [3.63, 3.8) is 0 Å². The van der Waals surface area contributed by atoms with E-state index in [2.05, 4.69) is 51.8 Å². The van der Waals surface area contributed by atoms with E-state index in [9.17, 15) is 5.11 Å². The molecule has 84 valence electrons. The van der Waals surface area contributed by atoms with Gasteiger partial charge < -0.3 is 5.11 Å². The van der Waals surface area contributed by atoms with Gasteiger partial charge in [0.15, 0.2) is 0 Å². The third-order valence-corrected chi connectivity index (χ3v) is 4.07. The van der Waals surface area contributed by atoms with Gasteiger partial charge in [-0.15, -0.1) is 0 Å². The predicted molar refractivity (Wildman–Crippen MR) is 71.1 cm³/mol. The van der Waals surface area contributed by atoms with Crippen LogP contribution >= 0.6 is 31.9 Å². The lowest BCUT2D eigenvalue weighted by Crippen LogP contribution is -2.13. The molecular formula is C12H16Br2O. The third kappa shape index (κ3) is 3.30. The van der Waals surface area contributed by atoms with Crippen LogP contribution in [0.3, 0.4) is 0 Å². The molecule has 1 rings (SSSR count). The Kier molecular flexibility index (Phi) is 5.30. The van der Waals surface area contributed by atoms with Crippen LogP contribution in [0.15, 0.2) is 27.1 Å². The fraction of sp³-hybridized carbons (Fsp3) is 0.500. The Hall–Kier alpha value is 0.140. The summed E-state index contributed by atoms with van der Waals surface area (Å²) < 4.78 is 2.12. The summed E-state index contributed by atoms with van der Waals surface area (Å²) in [5.74, 6) is 0.713. The number of aliphatic hydroxyl groups excluding tert-OH is 1. The fourth-order valence-electron chi connectivity index (χ4n) is 1.67. The molecule has 0 heterocycles. The Morgan fingerprint density at radius 3 is 2.47 bits per heavy atom. The van der Waals surface area contributed by atoms with Gasteiger partial charge in [-0.25, -0.2) is 0 Å². The Labute approximate surface area is 108 Å². The Balaban J connectivity index is 3.01. The van der Waals surface area contributed by atoms with Crippen molar-refractivity contribution >= 4 is 31.9 Å². The lowest BCUT2D eigenvalue weighted by atomic mass is 9.86. The zero-order valence-electron chi connectivity index (χ0n) is 9.00. The highest BCUT2D eigenvalue weighted by Crippen LogP contribution is 2.33. The highest BCUT2D eigenvalue weighted by molar-refractivity contribution is 9.11. The number of hydrogen-bond donors (Lipinski definition) is 1. The second kappa shape index (κ2) is 6.02. The summed E-state index contributed by atoms with van der Waals surface area (Å²) in [5.41, 5.74) is 1.19. The second-order valence-electron chi connectivity index (χ2n) is 3.84. The largest absolute Gasteiger partial charge is 0.396 e. The van der Waals surface area contributed by atoms with Gasteiger partial charge in [0.2, 0.25) is 0 Å². The maximum Gasteiger partial charge on any atom is 0.0502 e. The molecule has 0 bridgehead atoms. The normalized spacial score (nSPS) is 15.0. The SMILES string of the molecule is CCC(C)C(CO)c1ccc(Br)cc1Br. The maximum atomic E-state index is 9.44. The molecule has 1 N–H and O–H groups in total. The molecule has 0 saturated heterocycles. The molecule has 1 nitrogen and oxygen atoms in total. The van der Waals surface area contributed by atoms with Crippen molar-refractivity contribution in [1.82, 2.24) is 0 Å². The maximum absolute atomic E-state index is 9.44. The molecular weight excluding hydrogens is 320 g/mol. The molecule has 2 atom stereocenters. The first-order valence-corrected chi connectivity index (χ1v) is 6.74. The van der Waals surface area contributed by atoms with Crippen molar-refractivity contribution < 1.29 is 5.11 Å². The van der Waals surface area contributed by atoms with Crippen molar-refractivity contribution in [2.45, 2.75) is 26.2 Å². The number of benzene rings is 1. The lowest BCUT2D eigenvalue weighted by Gasteiger charge is -2.22. The number of hydrogen-bond acceptors (Lipinski definition) is 1. The van der Waals surface area contributed by atoms with Crippen LogP contribution in [0, 0.1) is 5.92 Å². The van der Waals surface area contributed by atoms with Crippen molar-refractivity contribution in [1.29, 1.82) is 0 Å². The zero-order chi connectivity index (χ0) is 11.4. The molecule has 0 saturated carbocycles. The van der Waals surface area contributed by atoms with Crippen LogP contribution in [0.25, 0.3) is 0 Å². The van der Waals surface area contributed by atoms with Gasteiger partial charge in [0, 0.05) is 14.9 Å². The highest BCUT2D eigenvalue weighted by atomic mass is 79.9. The van der Waals surface area contributed by atoms with Crippen molar-refractivity contribution in [2.24, 2.45) is 5.92 Å². The van der Waals surface area contributed by atoms with Crippen LogP contribution in [-0.2, 0) is 0 Å².